The van der Waals surface area contributed by atoms with Crippen LogP contribution < -0.4 is 10.5 Å². The van der Waals surface area contributed by atoms with Crippen molar-refractivity contribution in [3.63, 3.8) is 0 Å². The Morgan fingerprint density at radius 3 is 2.14 bits per heavy atom. The highest BCUT2D eigenvalue weighted by Crippen LogP contribution is 2.23. The molecule has 0 spiro atoms. The average molecular weight is 287 g/mol. The smallest absolute Gasteiger partial charge is 0.165 e. The van der Waals surface area contributed by atoms with E-state index in [4.69, 9.17) is 10.5 Å². The van der Waals surface area contributed by atoms with Crippen molar-refractivity contribution in [2.24, 2.45) is 5.73 Å². The maximum atomic E-state index is 13.8. The molecule has 0 aliphatic rings. The molecular formula is C18H22FNO. The van der Waals surface area contributed by atoms with E-state index in [9.17, 15) is 4.39 Å². The van der Waals surface area contributed by atoms with Crippen molar-refractivity contribution < 1.29 is 9.13 Å². The molecule has 0 radical (unpaired) electrons. The number of hydrogen-bond donors (Lipinski definition) is 1. The van der Waals surface area contributed by atoms with Gasteiger partial charge in [-0.1, -0.05) is 51.1 Å². The lowest BCUT2D eigenvalue weighted by Gasteiger charge is -2.19. The summed E-state index contributed by atoms with van der Waals surface area (Å²) >= 11 is 0. The van der Waals surface area contributed by atoms with Gasteiger partial charge in [-0.05, 0) is 34.2 Å². The fourth-order valence-corrected chi connectivity index (χ4v) is 2.05. The van der Waals surface area contributed by atoms with Crippen LogP contribution in [0, 0.1) is 5.82 Å². The largest absolute Gasteiger partial charge is 0.486 e. The molecule has 0 heterocycles. The first-order valence-electron chi connectivity index (χ1n) is 7.11. The summed E-state index contributed by atoms with van der Waals surface area (Å²) < 4.78 is 19.3. The van der Waals surface area contributed by atoms with Gasteiger partial charge >= 0.3 is 0 Å². The summed E-state index contributed by atoms with van der Waals surface area (Å²) in [5.41, 5.74) is 8.65. The minimum atomic E-state index is -0.371. The highest BCUT2D eigenvalue weighted by molar-refractivity contribution is 5.31. The van der Waals surface area contributed by atoms with Crippen LogP contribution in [-0.2, 0) is 18.6 Å². The van der Waals surface area contributed by atoms with Crippen molar-refractivity contribution in [3.05, 3.63) is 65.0 Å². The van der Waals surface area contributed by atoms with Gasteiger partial charge in [-0.15, -0.1) is 0 Å². The van der Waals surface area contributed by atoms with E-state index >= 15 is 0 Å². The number of benzene rings is 2. The molecule has 0 aliphatic heterocycles. The second-order valence-corrected chi connectivity index (χ2v) is 6.20. The van der Waals surface area contributed by atoms with Crippen LogP contribution in [0.1, 0.15) is 37.5 Å². The van der Waals surface area contributed by atoms with Gasteiger partial charge in [0.15, 0.2) is 11.6 Å². The molecule has 21 heavy (non-hydrogen) atoms. The van der Waals surface area contributed by atoms with Crippen LogP contribution in [-0.4, -0.2) is 0 Å². The molecule has 2 nitrogen and oxygen atoms in total. The maximum Gasteiger partial charge on any atom is 0.165 e. The van der Waals surface area contributed by atoms with Crippen molar-refractivity contribution in [1.82, 2.24) is 0 Å². The molecular weight excluding hydrogens is 265 g/mol. The first kappa shape index (κ1) is 15.5. The molecule has 0 atom stereocenters. The summed E-state index contributed by atoms with van der Waals surface area (Å²) in [6.45, 7) is 7.20. The van der Waals surface area contributed by atoms with Gasteiger partial charge in [0.1, 0.15) is 6.61 Å². The van der Waals surface area contributed by atoms with E-state index in [2.05, 4.69) is 32.9 Å². The lowest BCUT2D eigenvalue weighted by atomic mass is 9.87. The Hall–Kier alpha value is -1.87. The number of rotatable bonds is 4. The predicted molar refractivity (Wildman–Crippen MR) is 83.8 cm³/mol. The first-order valence-corrected chi connectivity index (χ1v) is 7.11. The minimum absolute atomic E-state index is 0.129. The fraction of sp³-hybridized carbons (Fsp3) is 0.333. The van der Waals surface area contributed by atoms with Crippen LogP contribution in [0.15, 0.2) is 42.5 Å². The Morgan fingerprint density at radius 1 is 1.00 bits per heavy atom. The zero-order valence-corrected chi connectivity index (χ0v) is 12.8. The van der Waals surface area contributed by atoms with Crippen molar-refractivity contribution in [1.29, 1.82) is 0 Å². The topological polar surface area (TPSA) is 35.2 Å². The Morgan fingerprint density at radius 2 is 1.62 bits per heavy atom. The predicted octanol–water partition coefficient (Wildman–Crippen LogP) is 4.16. The molecule has 0 saturated carbocycles. The molecule has 0 aromatic heterocycles. The zero-order chi connectivity index (χ0) is 15.5. The number of hydrogen-bond acceptors (Lipinski definition) is 2. The van der Waals surface area contributed by atoms with Gasteiger partial charge in [-0.25, -0.2) is 4.39 Å². The highest BCUT2D eigenvalue weighted by atomic mass is 19.1. The van der Waals surface area contributed by atoms with E-state index in [0.29, 0.717) is 13.2 Å². The van der Waals surface area contributed by atoms with E-state index in [1.165, 1.54) is 11.6 Å². The van der Waals surface area contributed by atoms with Gasteiger partial charge in [0.2, 0.25) is 0 Å². The quantitative estimate of drug-likeness (QED) is 0.916. The molecule has 0 saturated heterocycles. The molecule has 0 amide bonds. The van der Waals surface area contributed by atoms with Gasteiger partial charge < -0.3 is 10.5 Å². The molecule has 0 unspecified atom stereocenters. The Balaban J connectivity index is 2.03. The molecule has 0 aliphatic carbocycles. The third-order valence-electron chi connectivity index (χ3n) is 3.45. The number of nitrogens with two attached hydrogens (primary N) is 1. The summed E-state index contributed by atoms with van der Waals surface area (Å²) in [5.74, 6) is -0.114. The molecule has 0 bridgehead atoms. The van der Waals surface area contributed by atoms with Crippen LogP contribution in [0.2, 0.25) is 0 Å². The number of halogens is 1. The van der Waals surface area contributed by atoms with Crippen molar-refractivity contribution in [2.45, 2.75) is 39.3 Å². The summed E-state index contributed by atoms with van der Waals surface area (Å²) in [6, 6.07) is 13.0. The molecule has 2 aromatic rings. The van der Waals surface area contributed by atoms with Gasteiger partial charge in [0.05, 0.1) is 0 Å². The molecule has 2 N–H and O–H groups in total. The third-order valence-corrected chi connectivity index (χ3v) is 3.45. The number of ether oxygens (including phenoxy) is 1. The first-order chi connectivity index (χ1) is 9.90. The van der Waals surface area contributed by atoms with Gasteiger partial charge in [-0.3, -0.25) is 0 Å². The van der Waals surface area contributed by atoms with Crippen LogP contribution >= 0.6 is 0 Å². The lowest BCUT2D eigenvalue weighted by molar-refractivity contribution is 0.290. The van der Waals surface area contributed by atoms with Gasteiger partial charge in [0, 0.05) is 6.54 Å². The summed E-state index contributed by atoms with van der Waals surface area (Å²) in [6.07, 6.45) is 0. The average Bonchev–Trinajstić information content (AvgIpc) is 2.45. The third kappa shape index (κ3) is 4.05. The fourth-order valence-electron chi connectivity index (χ4n) is 2.05. The van der Waals surface area contributed by atoms with Crippen LogP contribution in [0.4, 0.5) is 4.39 Å². The monoisotopic (exact) mass is 287 g/mol. The van der Waals surface area contributed by atoms with E-state index < -0.39 is 0 Å². The molecule has 0 fully saturated rings. The second kappa shape index (κ2) is 6.27. The Labute approximate surface area is 125 Å². The molecule has 3 heteroatoms. The van der Waals surface area contributed by atoms with Crippen LogP contribution in [0.25, 0.3) is 0 Å². The Kier molecular flexibility index (Phi) is 4.63. The zero-order valence-electron chi connectivity index (χ0n) is 12.8. The van der Waals surface area contributed by atoms with Crippen molar-refractivity contribution >= 4 is 0 Å². The summed E-state index contributed by atoms with van der Waals surface area (Å²) in [4.78, 5) is 0. The summed E-state index contributed by atoms with van der Waals surface area (Å²) in [7, 11) is 0. The highest BCUT2D eigenvalue weighted by Gasteiger charge is 2.13. The SMILES string of the molecule is CC(C)(C)c1ccc(COc2ccc(CN)cc2F)cc1. The maximum absolute atomic E-state index is 13.8. The van der Waals surface area contributed by atoms with Crippen molar-refractivity contribution in [2.75, 3.05) is 0 Å². The van der Waals surface area contributed by atoms with Crippen LogP contribution in [0.3, 0.4) is 0 Å². The lowest BCUT2D eigenvalue weighted by Crippen LogP contribution is -2.10. The molecule has 112 valence electrons. The standard InChI is InChI=1S/C18H22FNO/c1-18(2,3)15-7-4-13(5-8-15)12-21-17-9-6-14(11-20)10-16(17)19/h4-10H,11-12,20H2,1-3H3. The van der Waals surface area contributed by atoms with Crippen molar-refractivity contribution in [3.8, 4) is 5.75 Å². The van der Waals surface area contributed by atoms with E-state index in [1.807, 2.05) is 12.1 Å². The molecule has 2 rings (SSSR count). The molecule has 2 aromatic carbocycles. The van der Waals surface area contributed by atoms with Gasteiger partial charge in [0.25, 0.3) is 0 Å². The van der Waals surface area contributed by atoms with E-state index in [-0.39, 0.29) is 17.0 Å². The normalized spacial score (nSPS) is 11.5. The Bertz CT molecular complexity index is 600. The minimum Gasteiger partial charge on any atom is -0.486 e. The summed E-state index contributed by atoms with van der Waals surface area (Å²) in [5, 5.41) is 0. The van der Waals surface area contributed by atoms with Gasteiger partial charge in [-0.2, -0.15) is 0 Å². The van der Waals surface area contributed by atoms with E-state index in [1.54, 1.807) is 12.1 Å². The van der Waals surface area contributed by atoms with E-state index in [0.717, 1.165) is 11.1 Å². The van der Waals surface area contributed by atoms with Crippen LogP contribution in [0.5, 0.6) is 5.75 Å². The second-order valence-electron chi connectivity index (χ2n) is 6.20.